The summed E-state index contributed by atoms with van der Waals surface area (Å²) < 4.78 is 15.7. The van der Waals surface area contributed by atoms with Crippen LogP contribution in [0, 0.1) is 17.0 Å². The van der Waals surface area contributed by atoms with Crippen molar-refractivity contribution in [3.63, 3.8) is 0 Å². The summed E-state index contributed by atoms with van der Waals surface area (Å²) >= 11 is 0. The molecule has 0 radical (unpaired) electrons. The fraction of sp³-hybridized carbons (Fsp3) is 0.316. The summed E-state index contributed by atoms with van der Waals surface area (Å²) in [6.07, 6.45) is 0. The van der Waals surface area contributed by atoms with Crippen LogP contribution in [0.15, 0.2) is 30.3 Å². The van der Waals surface area contributed by atoms with E-state index in [-0.39, 0.29) is 17.3 Å². The molecule has 28 heavy (non-hydrogen) atoms. The Hall–Kier alpha value is -3.49. The number of amides is 1. The molecular formula is C19H23N3O6. The topological polar surface area (TPSA) is 112 Å². The van der Waals surface area contributed by atoms with Crippen LogP contribution in [0.1, 0.15) is 12.5 Å². The van der Waals surface area contributed by atoms with Crippen molar-refractivity contribution in [3.8, 4) is 17.2 Å². The zero-order valence-electron chi connectivity index (χ0n) is 16.4. The molecule has 150 valence electrons. The van der Waals surface area contributed by atoms with Gasteiger partial charge in [-0.1, -0.05) is 0 Å². The first-order valence-corrected chi connectivity index (χ1v) is 8.43. The second-order valence-corrected chi connectivity index (χ2v) is 6.02. The van der Waals surface area contributed by atoms with E-state index in [0.29, 0.717) is 17.2 Å². The van der Waals surface area contributed by atoms with Crippen LogP contribution < -0.4 is 24.8 Å². The number of hydrogen-bond donors (Lipinski definition) is 2. The van der Waals surface area contributed by atoms with E-state index in [0.717, 1.165) is 11.3 Å². The highest BCUT2D eigenvalue weighted by molar-refractivity contribution is 5.97. The van der Waals surface area contributed by atoms with Crippen molar-refractivity contribution in [3.05, 3.63) is 46.0 Å². The molecule has 1 atom stereocenters. The molecule has 9 nitrogen and oxygen atoms in total. The number of carbonyl (C=O) groups is 1. The zero-order chi connectivity index (χ0) is 20.8. The number of anilines is 2. The summed E-state index contributed by atoms with van der Waals surface area (Å²) in [4.78, 5) is 22.9. The molecule has 1 amide bonds. The molecule has 0 unspecified atom stereocenters. The minimum absolute atomic E-state index is 0.123. The van der Waals surface area contributed by atoms with Crippen LogP contribution in [0.3, 0.4) is 0 Å². The Bertz CT molecular complexity index is 884. The van der Waals surface area contributed by atoms with Gasteiger partial charge in [0, 0.05) is 17.8 Å². The molecule has 0 saturated heterocycles. The second kappa shape index (κ2) is 8.94. The quantitative estimate of drug-likeness (QED) is 0.526. The monoisotopic (exact) mass is 389 g/mol. The SMILES string of the molecule is COc1cc([N+](=O)[O-])ccc1NC(=O)[C@@H](C)Nc1cc(OC)c(OC)cc1C. The number of nitrogens with one attached hydrogen (secondary N) is 2. The molecule has 0 aliphatic heterocycles. The molecule has 0 aromatic heterocycles. The van der Waals surface area contributed by atoms with Crippen molar-refractivity contribution < 1.29 is 23.9 Å². The third kappa shape index (κ3) is 4.61. The van der Waals surface area contributed by atoms with E-state index in [1.165, 1.54) is 32.4 Å². The van der Waals surface area contributed by atoms with Crippen molar-refractivity contribution in [2.75, 3.05) is 32.0 Å². The van der Waals surface area contributed by atoms with Gasteiger partial charge in [0.05, 0.1) is 38.0 Å². The van der Waals surface area contributed by atoms with E-state index in [9.17, 15) is 14.9 Å². The maximum Gasteiger partial charge on any atom is 0.273 e. The predicted molar refractivity (Wildman–Crippen MR) is 106 cm³/mol. The Labute approximate surface area is 162 Å². The highest BCUT2D eigenvalue weighted by Crippen LogP contribution is 2.33. The van der Waals surface area contributed by atoms with Gasteiger partial charge in [0.25, 0.3) is 5.69 Å². The number of carbonyl (C=O) groups excluding carboxylic acids is 1. The minimum atomic E-state index is -0.600. The van der Waals surface area contributed by atoms with Crippen LogP contribution >= 0.6 is 0 Å². The number of nitrogens with zero attached hydrogens (tertiary/aromatic N) is 1. The zero-order valence-corrected chi connectivity index (χ0v) is 16.4. The molecule has 2 aromatic carbocycles. The van der Waals surface area contributed by atoms with Gasteiger partial charge in [-0.2, -0.15) is 0 Å². The normalized spacial score (nSPS) is 11.3. The summed E-state index contributed by atoms with van der Waals surface area (Å²) in [6.45, 7) is 3.58. The van der Waals surface area contributed by atoms with Crippen molar-refractivity contribution in [1.82, 2.24) is 0 Å². The fourth-order valence-electron chi connectivity index (χ4n) is 2.57. The standard InChI is InChI=1S/C19H23N3O6/c1-11-8-17(27-4)18(28-5)10-15(11)20-12(2)19(23)21-14-7-6-13(22(24)25)9-16(14)26-3/h6-10,12,20H,1-5H3,(H,21,23)/t12-/m1/s1. The first-order valence-electron chi connectivity index (χ1n) is 8.43. The molecule has 2 N–H and O–H groups in total. The van der Waals surface area contributed by atoms with E-state index < -0.39 is 11.0 Å². The van der Waals surface area contributed by atoms with Crippen molar-refractivity contribution in [1.29, 1.82) is 0 Å². The summed E-state index contributed by atoms with van der Waals surface area (Å²) in [5, 5.41) is 16.7. The Kier molecular flexibility index (Phi) is 6.64. The van der Waals surface area contributed by atoms with Gasteiger partial charge in [0.15, 0.2) is 11.5 Å². The summed E-state index contributed by atoms with van der Waals surface area (Å²) in [7, 11) is 4.47. The molecule has 0 heterocycles. The van der Waals surface area contributed by atoms with Crippen LogP contribution in [-0.4, -0.2) is 38.2 Å². The van der Waals surface area contributed by atoms with Crippen molar-refractivity contribution >= 4 is 23.0 Å². The fourth-order valence-corrected chi connectivity index (χ4v) is 2.57. The summed E-state index contributed by atoms with van der Waals surface area (Å²) in [5.41, 5.74) is 1.82. The van der Waals surface area contributed by atoms with E-state index in [2.05, 4.69) is 10.6 Å². The Morgan fingerprint density at radius 2 is 1.61 bits per heavy atom. The molecule has 0 fully saturated rings. The lowest BCUT2D eigenvalue weighted by molar-refractivity contribution is -0.384. The van der Waals surface area contributed by atoms with Crippen LogP contribution in [-0.2, 0) is 4.79 Å². The average molecular weight is 389 g/mol. The summed E-state index contributed by atoms with van der Waals surface area (Å²) in [5.74, 6) is 1.01. The van der Waals surface area contributed by atoms with Gasteiger partial charge in [-0.05, 0) is 31.5 Å². The van der Waals surface area contributed by atoms with Crippen LogP contribution in [0.25, 0.3) is 0 Å². The number of non-ortho nitro benzene ring substituents is 1. The van der Waals surface area contributed by atoms with Gasteiger partial charge < -0.3 is 24.8 Å². The average Bonchev–Trinajstić information content (AvgIpc) is 2.68. The third-order valence-electron chi connectivity index (χ3n) is 4.15. The lowest BCUT2D eigenvalue weighted by Gasteiger charge is -2.19. The highest BCUT2D eigenvalue weighted by atomic mass is 16.6. The summed E-state index contributed by atoms with van der Waals surface area (Å²) in [6, 6.07) is 6.95. The van der Waals surface area contributed by atoms with Gasteiger partial charge in [-0.3, -0.25) is 14.9 Å². The molecule has 2 rings (SSSR count). The Balaban J connectivity index is 2.17. The number of ether oxygens (including phenoxy) is 3. The van der Waals surface area contributed by atoms with E-state index >= 15 is 0 Å². The number of nitro benzene ring substituents is 1. The third-order valence-corrected chi connectivity index (χ3v) is 4.15. The number of hydrogen-bond acceptors (Lipinski definition) is 7. The van der Waals surface area contributed by atoms with Gasteiger partial charge >= 0.3 is 0 Å². The van der Waals surface area contributed by atoms with Crippen LogP contribution in [0.4, 0.5) is 17.1 Å². The van der Waals surface area contributed by atoms with E-state index in [4.69, 9.17) is 14.2 Å². The van der Waals surface area contributed by atoms with E-state index in [1.807, 2.05) is 13.0 Å². The molecule has 0 aliphatic carbocycles. The molecule has 0 spiro atoms. The van der Waals surface area contributed by atoms with Crippen LogP contribution in [0.2, 0.25) is 0 Å². The molecule has 9 heteroatoms. The molecule has 0 saturated carbocycles. The first kappa shape index (κ1) is 20.8. The predicted octanol–water partition coefficient (Wildman–Crippen LogP) is 3.37. The molecule has 0 aliphatic rings. The van der Waals surface area contributed by atoms with E-state index in [1.54, 1.807) is 20.1 Å². The maximum atomic E-state index is 12.6. The van der Waals surface area contributed by atoms with Crippen molar-refractivity contribution in [2.24, 2.45) is 0 Å². The van der Waals surface area contributed by atoms with Gasteiger partial charge in [0.2, 0.25) is 5.91 Å². The lowest BCUT2D eigenvalue weighted by atomic mass is 10.1. The minimum Gasteiger partial charge on any atom is -0.494 e. The van der Waals surface area contributed by atoms with Crippen LogP contribution in [0.5, 0.6) is 17.2 Å². The Morgan fingerprint density at radius 1 is 1.00 bits per heavy atom. The number of methoxy groups -OCH3 is 3. The largest absolute Gasteiger partial charge is 0.494 e. The number of nitro groups is 1. The van der Waals surface area contributed by atoms with Gasteiger partial charge in [-0.25, -0.2) is 0 Å². The molecule has 0 bridgehead atoms. The Morgan fingerprint density at radius 3 is 2.18 bits per heavy atom. The van der Waals surface area contributed by atoms with Crippen molar-refractivity contribution in [2.45, 2.75) is 19.9 Å². The molecule has 2 aromatic rings. The number of benzene rings is 2. The number of aryl methyl sites for hydroxylation is 1. The van der Waals surface area contributed by atoms with Gasteiger partial charge in [0.1, 0.15) is 11.8 Å². The lowest BCUT2D eigenvalue weighted by Crippen LogP contribution is -2.32. The first-order chi connectivity index (χ1) is 13.3. The molecular weight excluding hydrogens is 366 g/mol. The smallest absolute Gasteiger partial charge is 0.273 e. The second-order valence-electron chi connectivity index (χ2n) is 6.02. The maximum absolute atomic E-state index is 12.6. The number of rotatable bonds is 8. The highest BCUT2D eigenvalue weighted by Gasteiger charge is 2.19. The van der Waals surface area contributed by atoms with Gasteiger partial charge in [-0.15, -0.1) is 0 Å².